The summed E-state index contributed by atoms with van der Waals surface area (Å²) in [6.07, 6.45) is 0.901. The largest absolute Gasteiger partial charge is 0.384 e. The number of halogens is 1. The van der Waals surface area contributed by atoms with Gasteiger partial charge in [-0.1, -0.05) is 61.5 Å². The Morgan fingerprint density at radius 2 is 1.65 bits per heavy atom. The van der Waals surface area contributed by atoms with E-state index in [0.717, 1.165) is 32.4 Å². The van der Waals surface area contributed by atoms with E-state index in [4.69, 9.17) is 10.8 Å². The Bertz CT molecular complexity index is 1830. The van der Waals surface area contributed by atoms with E-state index < -0.39 is 5.92 Å². The van der Waals surface area contributed by atoms with Crippen molar-refractivity contribution in [1.29, 1.82) is 5.26 Å². The van der Waals surface area contributed by atoms with Gasteiger partial charge in [0.15, 0.2) is 5.78 Å². The molecule has 2 heterocycles. The second-order valence-electron chi connectivity index (χ2n) is 11.9. The van der Waals surface area contributed by atoms with E-state index >= 15 is 0 Å². The third kappa shape index (κ3) is 5.15. The van der Waals surface area contributed by atoms with Gasteiger partial charge >= 0.3 is 0 Å². The monoisotopic (exact) mass is 589 g/mol. The number of allylic oxidation sites excluding steroid dienone is 3. The number of rotatable bonds is 5. The van der Waals surface area contributed by atoms with Crippen LogP contribution in [0.3, 0.4) is 0 Å². The Labute approximate surface area is 255 Å². The summed E-state index contributed by atoms with van der Waals surface area (Å²) in [5, 5.41) is 16.5. The zero-order valence-corrected chi connectivity index (χ0v) is 25.4. The molecule has 0 fully saturated rings. The molecule has 2 aliphatic rings. The number of aryl methyl sites for hydroxylation is 2. The standard InChI is InChI=1S/C35H32FN5OS/c1-21-10-16-26(17-11-21)43-34-30(22(2)39-41(34)25-8-6-5-7-9-25)31-27(20-37)33(38)40(24-14-12-23(36)13-15-24)28-18-35(3,4)19-29(42)32(28)31/h5-17,31H,18-19,38H2,1-4H3. The zero-order chi connectivity index (χ0) is 30.5. The van der Waals surface area contributed by atoms with Gasteiger partial charge in [-0.3, -0.25) is 9.69 Å². The number of Topliss-reactive ketones (excluding diaryl/α,β-unsaturated/α-hetero) is 1. The van der Waals surface area contributed by atoms with E-state index in [0.29, 0.717) is 29.8 Å². The molecule has 6 nitrogen and oxygen atoms in total. The first kappa shape index (κ1) is 28.5. The third-order valence-corrected chi connectivity index (χ3v) is 9.15. The van der Waals surface area contributed by atoms with E-state index in [1.165, 1.54) is 12.1 Å². The van der Waals surface area contributed by atoms with Crippen LogP contribution in [0.4, 0.5) is 10.1 Å². The van der Waals surface area contributed by atoms with Crippen LogP contribution in [0, 0.1) is 36.4 Å². The first-order valence-electron chi connectivity index (χ1n) is 14.2. The van der Waals surface area contributed by atoms with Crippen molar-refractivity contribution < 1.29 is 9.18 Å². The fraction of sp³-hybridized carbons (Fsp3) is 0.229. The summed E-state index contributed by atoms with van der Waals surface area (Å²) in [5.74, 6) is -0.869. The molecule has 0 spiro atoms. The van der Waals surface area contributed by atoms with Crippen molar-refractivity contribution in [1.82, 2.24) is 9.78 Å². The number of anilines is 1. The maximum atomic E-state index is 14.2. The second kappa shape index (κ2) is 10.9. The Morgan fingerprint density at radius 3 is 2.30 bits per heavy atom. The highest BCUT2D eigenvalue weighted by Gasteiger charge is 2.46. The molecule has 0 radical (unpaired) electrons. The molecule has 4 aromatic rings. The molecular weight excluding hydrogens is 557 g/mol. The highest BCUT2D eigenvalue weighted by atomic mass is 32.2. The molecular formula is C35H32FN5OS. The number of hydrogen-bond acceptors (Lipinski definition) is 6. The summed E-state index contributed by atoms with van der Waals surface area (Å²) in [7, 11) is 0. The molecule has 0 amide bonds. The predicted molar refractivity (Wildman–Crippen MR) is 167 cm³/mol. The molecule has 1 aliphatic carbocycles. The Balaban J connectivity index is 1.63. The van der Waals surface area contributed by atoms with Gasteiger partial charge in [0.25, 0.3) is 0 Å². The third-order valence-electron chi connectivity index (χ3n) is 8.05. The number of hydrogen-bond donors (Lipinski definition) is 1. The fourth-order valence-corrected chi connectivity index (χ4v) is 7.20. The minimum absolute atomic E-state index is 0.0261. The van der Waals surface area contributed by atoms with Crippen LogP contribution < -0.4 is 10.6 Å². The summed E-state index contributed by atoms with van der Waals surface area (Å²) in [4.78, 5) is 16.9. The van der Waals surface area contributed by atoms with Crippen LogP contribution in [-0.2, 0) is 4.79 Å². The lowest BCUT2D eigenvalue weighted by molar-refractivity contribution is -0.118. The predicted octanol–water partition coefficient (Wildman–Crippen LogP) is 7.72. The van der Waals surface area contributed by atoms with Crippen LogP contribution in [0.2, 0.25) is 0 Å². The summed E-state index contributed by atoms with van der Waals surface area (Å²) >= 11 is 1.55. The number of aromatic nitrogens is 2. The van der Waals surface area contributed by atoms with Crippen molar-refractivity contribution in [2.45, 2.75) is 56.4 Å². The normalized spacial score (nSPS) is 18.1. The van der Waals surface area contributed by atoms with E-state index in [9.17, 15) is 14.4 Å². The average molecular weight is 590 g/mol. The number of carbonyl (C=O) groups excluding carboxylic acids is 1. The first-order valence-corrected chi connectivity index (χ1v) is 15.0. The number of nitrogens with zero attached hydrogens (tertiary/aromatic N) is 4. The summed E-state index contributed by atoms with van der Waals surface area (Å²) in [5.41, 5.74) is 12.2. The average Bonchev–Trinajstić information content (AvgIpc) is 3.29. The number of para-hydroxylation sites is 1. The molecule has 8 heteroatoms. The maximum absolute atomic E-state index is 14.2. The molecule has 0 bridgehead atoms. The van der Waals surface area contributed by atoms with Gasteiger partial charge in [-0.2, -0.15) is 10.4 Å². The molecule has 43 heavy (non-hydrogen) atoms. The quantitative estimate of drug-likeness (QED) is 0.256. The molecule has 2 N–H and O–H groups in total. The topological polar surface area (TPSA) is 87.9 Å². The summed E-state index contributed by atoms with van der Waals surface area (Å²) in [6, 6.07) is 26.4. The lowest BCUT2D eigenvalue weighted by atomic mass is 9.68. The Hall–Kier alpha value is -4.61. The first-order chi connectivity index (χ1) is 20.6. The van der Waals surface area contributed by atoms with Crippen molar-refractivity contribution >= 4 is 23.2 Å². The number of ketones is 1. The molecule has 1 aromatic heterocycles. The van der Waals surface area contributed by atoms with Crippen LogP contribution in [0.1, 0.15) is 49.4 Å². The molecule has 0 saturated carbocycles. The highest BCUT2D eigenvalue weighted by molar-refractivity contribution is 7.99. The van der Waals surface area contributed by atoms with Crippen molar-refractivity contribution in [2.75, 3.05) is 4.90 Å². The molecule has 216 valence electrons. The van der Waals surface area contributed by atoms with Gasteiger partial charge in [0.1, 0.15) is 16.7 Å². The van der Waals surface area contributed by atoms with Gasteiger partial charge in [0.05, 0.1) is 28.9 Å². The molecule has 6 rings (SSSR count). The minimum Gasteiger partial charge on any atom is -0.384 e. The van der Waals surface area contributed by atoms with Gasteiger partial charge < -0.3 is 5.73 Å². The summed E-state index contributed by atoms with van der Waals surface area (Å²) < 4.78 is 15.8. The van der Waals surface area contributed by atoms with Crippen LogP contribution in [0.5, 0.6) is 0 Å². The van der Waals surface area contributed by atoms with Gasteiger partial charge in [-0.15, -0.1) is 0 Å². The second-order valence-corrected chi connectivity index (χ2v) is 13.0. The SMILES string of the molecule is Cc1ccc(Sc2c(C3C(C#N)=C(N)N(c4ccc(F)cc4)C4=C3C(=O)CC(C)(C)C4)c(C)nn2-c2ccccc2)cc1. The Kier molecular flexibility index (Phi) is 7.23. The van der Waals surface area contributed by atoms with Crippen molar-refractivity contribution in [3.8, 4) is 11.8 Å². The number of carbonyl (C=O) groups is 1. The number of nitriles is 1. The lowest BCUT2D eigenvalue weighted by Crippen LogP contribution is -2.42. The molecule has 1 unspecified atom stereocenters. The van der Waals surface area contributed by atoms with Gasteiger partial charge in [-0.25, -0.2) is 9.07 Å². The van der Waals surface area contributed by atoms with Gasteiger partial charge in [0.2, 0.25) is 0 Å². The van der Waals surface area contributed by atoms with E-state index in [2.05, 4.69) is 44.2 Å². The highest BCUT2D eigenvalue weighted by Crippen LogP contribution is 2.52. The van der Waals surface area contributed by atoms with Crippen molar-refractivity contribution in [3.63, 3.8) is 0 Å². The molecule has 0 saturated heterocycles. The van der Waals surface area contributed by atoms with Crippen LogP contribution in [0.25, 0.3) is 5.69 Å². The van der Waals surface area contributed by atoms with E-state index in [1.807, 2.05) is 48.9 Å². The maximum Gasteiger partial charge on any atom is 0.162 e. The number of benzene rings is 3. The van der Waals surface area contributed by atoms with E-state index in [-0.39, 0.29) is 28.4 Å². The smallest absolute Gasteiger partial charge is 0.162 e. The summed E-state index contributed by atoms with van der Waals surface area (Å²) in [6.45, 7) is 8.08. The Morgan fingerprint density at radius 1 is 0.977 bits per heavy atom. The number of nitrogens with two attached hydrogens (primary N) is 1. The van der Waals surface area contributed by atoms with Gasteiger partial charge in [0, 0.05) is 33.8 Å². The van der Waals surface area contributed by atoms with Crippen LogP contribution in [0.15, 0.2) is 111 Å². The minimum atomic E-state index is -0.703. The fourth-order valence-electron chi connectivity index (χ4n) is 6.09. The van der Waals surface area contributed by atoms with Crippen molar-refractivity contribution in [2.24, 2.45) is 11.1 Å². The van der Waals surface area contributed by atoms with Gasteiger partial charge in [-0.05, 0) is 74.2 Å². The molecule has 3 aromatic carbocycles. The molecule has 1 aliphatic heterocycles. The van der Waals surface area contributed by atoms with E-state index in [1.54, 1.807) is 28.8 Å². The van der Waals surface area contributed by atoms with Crippen LogP contribution >= 0.6 is 11.8 Å². The lowest BCUT2D eigenvalue weighted by Gasteiger charge is -2.43. The molecule has 1 atom stereocenters. The zero-order valence-electron chi connectivity index (χ0n) is 24.6. The van der Waals surface area contributed by atoms with Crippen LogP contribution in [-0.4, -0.2) is 15.6 Å². The van der Waals surface area contributed by atoms with Crippen molar-refractivity contribution in [3.05, 3.63) is 124 Å².